The molecule has 1 amide bonds. The third kappa shape index (κ3) is 4.18. The molecule has 150 valence electrons. The molecule has 0 aliphatic carbocycles. The highest BCUT2D eigenvalue weighted by atomic mass is 32.2. The van der Waals surface area contributed by atoms with Crippen LogP contribution in [0, 0.1) is 6.92 Å². The number of sulfonamides is 1. The molecule has 0 aromatic heterocycles. The van der Waals surface area contributed by atoms with E-state index in [1.165, 1.54) is 0 Å². The lowest BCUT2D eigenvalue weighted by Crippen LogP contribution is -2.14. The molecular weight excluding hydrogens is 396 g/mol. The van der Waals surface area contributed by atoms with Crippen LogP contribution < -0.4 is 10.0 Å². The molecule has 0 saturated heterocycles. The summed E-state index contributed by atoms with van der Waals surface area (Å²) >= 11 is 0. The van der Waals surface area contributed by atoms with E-state index >= 15 is 0 Å². The Bertz CT molecular complexity index is 1310. The zero-order valence-electron chi connectivity index (χ0n) is 16.3. The van der Waals surface area contributed by atoms with E-state index in [1.807, 2.05) is 49.4 Å². The summed E-state index contributed by atoms with van der Waals surface area (Å²) in [6.45, 7) is 1.89. The van der Waals surface area contributed by atoms with Crippen molar-refractivity contribution in [3.05, 3.63) is 102 Å². The van der Waals surface area contributed by atoms with Gasteiger partial charge in [0.15, 0.2) is 0 Å². The maximum absolute atomic E-state index is 12.7. The quantitative estimate of drug-likeness (QED) is 0.469. The van der Waals surface area contributed by atoms with Crippen molar-refractivity contribution in [3.8, 4) is 0 Å². The molecule has 0 atom stereocenters. The molecule has 0 unspecified atom stereocenters. The van der Waals surface area contributed by atoms with Crippen LogP contribution in [0.4, 0.5) is 11.4 Å². The third-order valence-electron chi connectivity index (χ3n) is 4.77. The standard InChI is InChI=1S/C24H20N2O3S/c1-17-9-15-21(16-10-17)30(28,29)26-20-13-11-19(12-14-20)24(27)25-23-8-4-6-18-5-2-3-7-22(18)23/h2-16,26H,1H3,(H,25,27). The normalized spacial score (nSPS) is 11.2. The zero-order valence-corrected chi connectivity index (χ0v) is 17.1. The molecule has 0 spiro atoms. The predicted molar refractivity (Wildman–Crippen MR) is 120 cm³/mol. The maximum atomic E-state index is 12.7. The van der Waals surface area contributed by atoms with Crippen molar-refractivity contribution in [1.82, 2.24) is 0 Å². The highest BCUT2D eigenvalue weighted by molar-refractivity contribution is 7.92. The van der Waals surface area contributed by atoms with Crippen LogP contribution in [0.1, 0.15) is 15.9 Å². The molecule has 0 aliphatic rings. The molecule has 6 heteroatoms. The topological polar surface area (TPSA) is 75.3 Å². The summed E-state index contributed by atoms with van der Waals surface area (Å²) in [6, 6.07) is 26.5. The number of rotatable bonds is 5. The molecule has 2 N–H and O–H groups in total. The second-order valence-electron chi connectivity index (χ2n) is 6.98. The Balaban J connectivity index is 1.50. The van der Waals surface area contributed by atoms with Crippen molar-refractivity contribution in [2.75, 3.05) is 10.0 Å². The number of nitrogens with one attached hydrogen (secondary N) is 2. The fourth-order valence-electron chi connectivity index (χ4n) is 3.15. The molecule has 0 aliphatic heterocycles. The van der Waals surface area contributed by atoms with Gasteiger partial charge in [0, 0.05) is 22.3 Å². The number of anilines is 2. The summed E-state index contributed by atoms with van der Waals surface area (Å²) in [4.78, 5) is 12.8. The largest absolute Gasteiger partial charge is 0.321 e. The van der Waals surface area contributed by atoms with Crippen molar-refractivity contribution < 1.29 is 13.2 Å². The van der Waals surface area contributed by atoms with Crippen LogP contribution in [-0.4, -0.2) is 14.3 Å². The Morgan fingerprint density at radius 3 is 2.17 bits per heavy atom. The van der Waals surface area contributed by atoms with Gasteiger partial charge in [0.1, 0.15) is 0 Å². The number of hydrogen-bond donors (Lipinski definition) is 2. The van der Waals surface area contributed by atoms with Gasteiger partial charge in [0.25, 0.3) is 15.9 Å². The van der Waals surface area contributed by atoms with Gasteiger partial charge >= 0.3 is 0 Å². The summed E-state index contributed by atoms with van der Waals surface area (Å²) in [5.74, 6) is -0.265. The number of amides is 1. The number of fused-ring (bicyclic) bond motifs is 1. The highest BCUT2D eigenvalue weighted by Crippen LogP contribution is 2.24. The van der Waals surface area contributed by atoms with Gasteiger partial charge in [0.2, 0.25) is 0 Å². The van der Waals surface area contributed by atoms with Crippen molar-refractivity contribution in [2.24, 2.45) is 0 Å². The molecule has 4 aromatic carbocycles. The summed E-state index contributed by atoms with van der Waals surface area (Å²) in [6.07, 6.45) is 0. The van der Waals surface area contributed by atoms with E-state index in [2.05, 4.69) is 10.0 Å². The minimum absolute atomic E-state index is 0.186. The molecule has 5 nitrogen and oxygen atoms in total. The van der Waals surface area contributed by atoms with Crippen LogP contribution >= 0.6 is 0 Å². The SMILES string of the molecule is Cc1ccc(S(=O)(=O)Nc2ccc(C(=O)Nc3cccc4ccccc34)cc2)cc1. The number of carbonyl (C=O) groups excluding carboxylic acids is 1. The Morgan fingerprint density at radius 2 is 1.43 bits per heavy atom. The van der Waals surface area contributed by atoms with E-state index in [0.29, 0.717) is 11.3 Å². The van der Waals surface area contributed by atoms with E-state index < -0.39 is 10.0 Å². The van der Waals surface area contributed by atoms with Crippen LogP contribution in [0.2, 0.25) is 0 Å². The first-order chi connectivity index (χ1) is 14.4. The van der Waals surface area contributed by atoms with Gasteiger partial charge in [-0.05, 0) is 54.8 Å². The fraction of sp³-hybridized carbons (Fsp3) is 0.0417. The van der Waals surface area contributed by atoms with Gasteiger partial charge in [0.05, 0.1) is 4.90 Å². The van der Waals surface area contributed by atoms with Crippen molar-refractivity contribution >= 4 is 38.1 Å². The number of carbonyl (C=O) groups is 1. The average Bonchev–Trinajstić information content (AvgIpc) is 2.74. The van der Waals surface area contributed by atoms with Crippen LogP contribution in [0.3, 0.4) is 0 Å². The average molecular weight is 417 g/mol. The molecule has 0 saturated carbocycles. The van der Waals surface area contributed by atoms with Crippen molar-refractivity contribution in [1.29, 1.82) is 0 Å². The van der Waals surface area contributed by atoms with Gasteiger partial charge < -0.3 is 5.32 Å². The molecule has 0 fully saturated rings. The molecular formula is C24H20N2O3S. The van der Waals surface area contributed by atoms with E-state index in [0.717, 1.165) is 22.0 Å². The first-order valence-electron chi connectivity index (χ1n) is 9.41. The number of benzene rings is 4. The Morgan fingerprint density at radius 1 is 0.767 bits per heavy atom. The molecule has 4 rings (SSSR count). The smallest absolute Gasteiger partial charge is 0.261 e. The Kier molecular flexibility index (Phi) is 5.25. The summed E-state index contributed by atoms with van der Waals surface area (Å²) in [5, 5.41) is 4.92. The number of aryl methyl sites for hydroxylation is 1. The number of hydrogen-bond acceptors (Lipinski definition) is 3. The predicted octanol–water partition coefficient (Wildman–Crippen LogP) is 5.20. The van der Waals surface area contributed by atoms with Gasteiger partial charge in [-0.1, -0.05) is 54.1 Å². The minimum Gasteiger partial charge on any atom is -0.321 e. The first-order valence-corrected chi connectivity index (χ1v) is 10.9. The molecule has 4 aromatic rings. The van der Waals surface area contributed by atoms with Crippen molar-refractivity contribution in [3.63, 3.8) is 0 Å². The van der Waals surface area contributed by atoms with Crippen LogP contribution in [-0.2, 0) is 10.0 Å². The fourth-order valence-corrected chi connectivity index (χ4v) is 4.21. The minimum atomic E-state index is -3.69. The van der Waals surface area contributed by atoms with E-state index in [9.17, 15) is 13.2 Å². The molecule has 0 heterocycles. The molecule has 0 bridgehead atoms. The Hall–Kier alpha value is -3.64. The highest BCUT2D eigenvalue weighted by Gasteiger charge is 2.14. The maximum Gasteiger partial charge on any atom is 0.261 e. The second kappa shape index (κ2) is 8.00. The first kappa shape index (κ1) is 19.7. The lowest BCUT2D eigenvalue weighted by atomic mass is 10.1. The van der Waals surface area contributed by atoms with Gasteiger partial charge in [-0.25, -0.2) is 8.42 Å². The zero-order chi connectivity index (χ0) is 21.1. The van der Waals surface area contributed by atoms with Crippen LogP contribution in [0.5, 0.6) is 0 Å². The van der Waals surface area contributed by atoms with Crippen LogP contribution in [0.25, 0.3) is 10.8 Å². The molecule has 30 heavy (non-hydrogen) atoms. The van der Waals surface area contributed by atoms with E-state index in [1.54, 1.807) is 48.5 Å². The summed E-state index contributed by atoms with van der Waals surface area (Å²) in [5.41, 5.74) is 2.52. The monoisotopic (exact) mass is 416 g/mol. The summed E-state index contributed by atoms with van der Waals surface area (Å²) < 4.78 is 27.5. The lowest BCUT2D eigenvalue weighted by molar-refractivity contribution is 0.102. The second-order valence-corrected chi connectivity index (χ2v) is 8.66. The molecule has 0 radical (unpaired) electrons. The van der Waals surface area contributed by atoms with E-state index in [4.69, 9.17) is 0 Å². The van der Waals surface area contributed by atoms with Gasteiger partial charge in [-0.2, -0.15) is 0 Å². The third-order valence-corrected chi connectivity index (χ3v) is 6.17. The summed E-state index contributed by atoms with van der Waals surface area (Å²) in [7, 11) is -3.69. The Labute approximate surface area is 175 Å². The van der Waals surface area contributed by atoms with Gasteiger partial charge in [-0.15, -0.1) is 0 Å². The van der Waals surface area contributed by atoms with E-state index in [-0.39, 0.29) is 10.8 Å². The van der Waals surface area contributed by atoms with Gasteiger partial charge in [-0.3, -0.25) is 9.52 Å². The lowest BCUT2D eigenvalue weighted by Gasteiger charge is -2.11. The van der Waals surface area contributed by atoms with Crippen LogP contribution in [0.15, 0.2) is 95.9 Å². The van der Waals surface area contributed by atoms with Crippen molar-refractivity contribution in [2.45, 2.75) is 11.8 Å².